The zero-order chi connectivity index (χ0) is 22.4. The number of nitrogens with one attached hydrogen (secondary N) is 1. The van der Waals surface area contributed by atoms with Gasteiger partial charge in [-0.25, -0.2) is 0 Å². The van der Waals surface area contributed by atoms with E-state index in [9.17, 15) is 13.2 Å². The van der Waals surface area contributed by atoms with Crippen LogP contribution in [0.25, 0.3) is 0 Å². The number of aryl methyl sites for hydroxylation is 1. The van der Waals surface area contributed by atoms with Gasteiger partial charge in [0.05, 0.1) is 6.04 Å². The SMILES string of the molecule is CCCCC(C(=O)Nc1cc(C)on1)N1CCN(S(=O)(=O)N(C)C2CCCCC2)CC1. The molecule has 1 aliphatic carbocycles. The Bertz CT molecular complexity index is 813. The van der Waals surface area contributed by atoms with Crippen molar-refractivity contribution < 1.29 is 17.7 Å². The summed E-state index contributed by atoms with van der Waals surface area (Å²) in [4.78, 5) is 15.0. The summed E-state index contributed by atoms with van der Waals surface area (Å²) < 4.78 is 34.5. The highest BCUT2D eigenvalue weighted by atomic mass is 32.2. The van der Waals surface area contributed by atoms with Crippen LogP contribution >= 0.6 is 0 Å². The van der Waals surface area contributed by atoms with Crippen LogP contribution in [0.1, 0.15) is 64.1 Å². The molecule has 3 rings (SSSR count). The van der Waals surface area contributed by atoms with E-state index in [1.165, 1.54) is 6.42 Å². The van der Waals surface area contributed by atoms with Gasteiger partial charge in [-0.2, -0.15) is 17.0 Å². The minimum Gasteiger partial charge on any atom is -0.360 e. The molecule has 0 radical (unpaired) electrons. The van der Waals surface area contributed by atoms with E-state index in [1.807, 2.05) is 0 Å². The second-order valence-corrected chi connectivity index (χ2v) is 10.7. The third kappa shape index (κ3) is 6.06. The maximum Gasteiger partial charge on any atom is 0.282 e. The van der Waals surface area contributed by atoms with Gasteiger partial charge in [0.15, 0.2) is 5.82 Å². The van der Waals surface area contributed by atoms with Crippen LogP contribution in [0.2, 0.25) is 0 Å². The van der Waals surface area contributed by atoms with Crippen LogP contribution in [-0.4, -0.2) is 78.3 Å². The van der Waals surface area contributed by atoms with E-state index in [0.29, 0.717) is 37.8 Å². The van der Waals surface area contributed by atoms with Gasteiger partial charge in [-0.1, -0.05) is 44.2 Å². The van der Waals surface area contributed by atoms with Crippen LogP contribution in [0, 0.1) is 6.92 Å². The number of amides is 1. The van der Waals surface area contributed by atoms with E-state index in [-0.39, 0.29) is 18.0 Å². The molecule has 9 nitrogen and oxygen atoms in total. The molecule has 0 bridgehead atoms. The van der Waals surface area contributed by atoms with Crippen LogP contribution < -0.4 is 5.32 Å². The smallest absolute Gasteiger partial charge is 0.282 e. The molecule has 31 heavy (non-hydrogen) atoms. The molecule has 1 atom stereocenters. The molecule has 1 saturated carbocycles. The number of unbranched alkanes of at least 4 members (excludes halogenated alkanes) is 1. The summed E-state index contributed by atoms with van der Waals surface area (Å²) in [5.74, 6) is 0.943. The van der Waals surface area contributed by atoms with Crippen molar-refractivity contribution in [3.63, 3.8) is 0 Å². The van der Waals surface area contributed by atoms with Crippen molar-refractivity contribution in [2.24, 2.45) is 0 Å². The largest absolute Gasteiger partial charge is 0.360 e. The van der Waals surface area contributed by atoms with Gasteiger partial charge in [-0.15, -0.1) is 0 Å². The lowest BCUT2D eigenvalue weighted by molar-refractivity contribution is -0.122. The number of nitrogens with zero attached hydrogens (tertiary/aromatic N) is 4. The van der Waals surface area contributed by atoms with Crippen molar-refractivity contribution in [2.45, 2.75) is 77.3 Å². The Morgan fingerprint density at radius 2 is 1.94 bits per heavy atom. The third-order valence-corrected chi connectivity index (χ3v) is 8.55. The number of hydrogen-bond acceptors (Lipinski definition) is 6. The van der Waals surface area contributed by atoms with Crippen molar-refractivity contribution in [2.75, 3.05) is 38.5 Å². The summed E-state index contributed by atoms with van der Waals surface area (Å²) in [7, 11) is -1.76. The second kappa shape index (κ2) is 10.9. The predicted octanol–water partition coefficient (Wildman–Crippen LogP) is 2.61. The standard InChI is InChI=1S/C21H37N5O4S/c1-4-5-11-19(21(27)22-20-16-17(2)30-23-20)25-12-14-26(15-13-25)31(28,29)24(3)18-9-7-6-8-10-18/h16,18-19H,4-15H2,1-3H3,(H,22,23,27). The fraction of sp³-hybridized carbons (Fsp3) is 0.810. The van der Waals surface area contributed by atoms with E-state index in [1.54, 1.807) is 28.6 Å². The first-order valence-corrected chi connectivity index (χ1v) is 12.9. The number of aromatic nitrogens is 1. The van der Waals surface area contributed by atoms with Gasteiger partial charge in [-0.3, -0.25) is 9.69 Å². The van der Waals surface area contributed by atoms with E-state index < -0.39 is 10.2 Å². The highest BCUT2D eigenvalue weighted by Gasteiger charge is 2.37. The Labute approximate surface area is 186 Å². The summed E-state index contributed by atoms with van der Waals surface area (Å²) in [6, 6.07) is 1.49. The van der Waals surface area contributed by atoms with Gasteiger partial charge in [-0.05, 0) is 26.2 Å². The molecule has 10 heteroatoms. The fourth-order valence-electron chi connectivity index (χ4n) is 4.57. The Kier molecular flexibility index (Phi) is 8.49. The quantitative estimate of drug-likeness (QED) is 0.615. The van der Waals surface area contributed by atoms with Gasteiger partial charge in [0.2, 0.25) is 5.91 Å². The first-order valence-electron chi connectivity index (χ1n) is 11.5. The van der Waals surface area contributed by atoms with Crippen molar-refractivity contribution in [3.8, 4) is 0 Å². The Morgan fingerprint density at radius 1 is 1.26 bits per heavy atom. The molecule has 1 aromatic heterocycles. The van der Waals surface area contributed by atoms with E-state index in [2.05, 4.69) is 22.3 Å². The number of hydrogen-bond donors (Lipinski definition) is 1. The lowest BCUT2D eigenvalue weighted by atomic mass is 9.96. The van der Waals surface area contributed by atoms with Crippen molar-refractivity contribution in [3.05, 3.63) is 11.8 Å². The van der Waals surface area contributed by atoms with Crippen molar-refractivity contribution in [1.29, 1.82) is 0 Å². The summed E-state index contributed by atoms with van der Waals surface area (Å²) in [6.07, 6.45) is 7.92. The number of carbonyl (C=O) groups excluding carboxylic acids is 1. The molecular weight excluding hydrogens is 418 g/mol. The normalized spacial score (nSPS) is 20.8. The van der Waals surface area contributed by atoms with Crippen LogP contribution in [0.3, 0.4) is 0 Å². The molecule has 1 unspecified atom stereocenters. The first kappa shape index (κ1) is 24.2. The molecule has 1 amide bonds. The van der Waals surface area contributed by atoms with Crippen molar-refractivity contribution >= 4 is 21.9 Å². The number of carbonyl (C=O) groups is 1. The minimum absolute atomic E-state index is 0.103. The van der Waals surface area contributed by atoms with Gasteiger partial charge in [0.1, 0.15) is 5.76 Å². The molecule has 2 fully saturated rings. The first-order chi connectivity index (χ1) is 14.8. The van der Waals surface area contributed by atoms with E-state index >= 15 is 0 Å². The van der Waals surface area contributed by atoms with Gasteiger partial charge < -0.3 is 9.84 Å². The summed E-state index contributed by atoms with van der Waals surface area (Å²) in [5, 5.41) is 6.70. The average molecular weight is 456 g/mol. The maximum atomic E-state index is 13.1. The number of piperazine rings is 1. The van der Waals surface area contributed by atoms with Crippen LogP contribution in [-0.2, 0) is 15.0 Å². The van der Waals surface area contributed by atoms with E-state index in [4.69, 9.17) is 4.52 Å². The molecule has 1 N–H and O–H groups in total. The molecule has 176 valence electrons. The highest BCUT2D eigenvalue weighted by Crippen LogP contribution is 2.25. The number of rotatable bonds is 9. The fourth-order valence-corrected chi connectivity index (χ4v) is 6.15. The van der Waals surface area contributed by atoms with Crippen LogP contribution in [0.5, 0.6) is 0 Å². The third-order valence-electron chi connectivity index (χ3n) is 6.51. The molecule has 2 heterocycles. The minimum atomic E-state index is -3.48. The Hall–Kier alpha value is -1.49. The molecule has 1 aromatic rings. The topological polar surface area (TPSA) is 99.0 Å². The number of anilines is 1. The van der Waals surface area contributed by atoms with Crippen molar-refractivity contribution in [1.82, 2.24) is 18.7 Å². The lowest BCUT2D eigenvalue weighted by Crippen LogP contribution is -2.57. The summed E-state index contributed by atoms with van der Waals surface area (Å²) in [5.41, 5.74) is 0. The van der Waals surface area contributed by atoms with Gasteiger partial charge in [0, 0.05) is 45.3 Å². The second-order valence-electron chi connectivity index (χ2n) is 8.72. The summed E-state index contributed by atoms with van der Waals surface area (Å²) >= 11 is 0. The highest BCUT2D eigenvalue weighted by molar-refractivity contribution is 7.86. The monoisotopic (exact) mass is 455 g/mol. The lowest BCUT2D eigenvalue weighted by Gasteiger charge is -2.40. The van der Waals surface area contributed by atoms with E-state index in [0.717, 1.165) is 44.9 Å². The molecule has 1 aliphatic heterocycles. The molecule has 2 aliphatic rings. The van der Waals surface area contributed by atoms with Crippen LogP contribution in [0.4, 0.5) is 5.82 Å². The summed E-state index contributed by atoms with van der Waals surface area (Å²) in [6.45, 7) is 5.76. The van der Waals surface area contributed by atoms with Gasteiger partial charge in [0.25, 0.3) is 10.2 Å². The molecular formula is C21H37N5O4S. The molecule has 0 spiro atoms. The Morgan fingerprint density at radius 3 is 2.52 bits per heavy atom. The zero-order valence-electron chi connectivity index (χ0n) is 19.0. The average Bonchev–Trinajstić information content (AvgIpc) is 3.18. The van der Waals surface area contributed by atoms with Crippen LogP contribution in [0.15, 0.2) is 10.6 Å². The Balaban J connectivity index is 1.60. The predicted molar refractivity (Wildman–Crippen MR) is 120 cm³/mol. The zero-order valence-corrected chi connectivity index (χ0v) is 19.9. The van der Waals surface area contributed by atoms with Gasteiger partial charge >= 0.3 is 0 Å². The molecule has 1 saturated heterocycles. The molecule has 0 aromatic carbocycles. The maximum absolute atomic E-state index is 13.1.